The molecule has 1 nitrogen and oxygen atoms in total. The Balaban J connectivity index is 2.67. The van der Waals surface area contributed by atoms with Crippen molar-refractivity contribution in [1.82, 2.24) is 0 Å². The maximum absolute atomic E-state index is 11.4. The van der Waals surface area contributed by atoms with Crippen molar-refractivity contribution in [2.24, 2.45) is 0 Å². The average Bonchev–Trinajstić information content (AvgIpc) is 2.46. The highest BCUT2D eigenvalue weighted by molar-refractivity contribution is 7.67. The molecule has 1 atom stereocenters. The Kier molecular flexibility index (Phi) is 4.77. The van der Waals surface area contributed by atoms with Gasteiger partial charge in [-0.2, -0.15) is 0 Å². The van der Waals surface area contributed by atoms with Gasteiger partial charge in [-0.05, 0) is 34.6 Å². The lowest BCUT2D eigenvalue weighted by Gasteiger charge is -2.25. The van der Waals surface area contributed by atoms with E-state index in [2.05, 4.69) is 52.0 Å². The third kappa shape index (κ3) is 2.85. The lowest BCUT2D eigenvalue weighted by Crippen LogP contribution is -2.16. The predicted octanol–water partition coefficient (Wildman–Crippen LogP) is 4.53. The molecule has 2 heteroatoms. The van der Waals surface area contributed by atoms with E-state index < -0.39 is 0 Å². The third-order valence-corrected chi connectivity index (χ3v) is 4.39. The van der Waals surface area contributed by atoms with Crippen molar-refractivity contribution in [2.45, 2.75) is 45.4 Å². The van der Waals surface area contributed by atoms with Gasteiger partial charge in [0.2, 0.25) is 0 Å². The van der Waals surface area contributed by atoms with Gasteiger partial charge in [0.25, 0.3) is 0 Å². The number of hydrogen-bond donors (Lipinski definition) is 0. The molecule has 0 radical (unpaired) electrons. The maximum Gasteiger partial charge on any atom is 0.0930 e. The Labute approximate surface area is 125 Å². The van der Waals surface area contributed by atoms with Crippen molar-refractivity contribution < 1.29 is 4.21 Å². The first kappa shape index (κ1) is 15.0. The molecule has 20 heavy (non-hydrogen) atoms. The summed E-state index contributed by atoms with van der Waals surface area (Å²) in [5.41, 5.74) is 4.04. The van der Waals surface area contributed by atoms with Crippen molar-refractivity contribution in [3.05, 3.63) is 59.2 Å². The molecule has 106 valence electrons. The van der Waals surface area contributed by atoms with Crippen LogP contribution in [0.25, 0.3) is 0 Å². The van der Waals surface area contributed by atoms with Crippen molar-refractivity contribution >= 4 is 16.1 Å². The predicted molar refractivity (Wildman–Crippen MR) is 88.8 cm³/mol. The van der Waals surface area contributed by atoms with Crippen LogP contribution in [-0.4, -0.2) is 9.07 Å². The normalized spacial score (nSPS) is 18.1. The highest BCUT2D eigenvalue weighted by Crippen LogP contribution is 2.35. The first-order chi connectivity index (χ1) is 9.56. The van der Waals surface area contributed by atoms with Crippen LogP contribution in [0.5, 0.6) is 0 Å². The minimum absolute atomic E-state index is 0.110. The largest absolute Gasteiger partial charge is 0.212 e. The van der Waals surface area contributed by atoms with E-state index in [0.717, 1.165) is 4.86 Å². The molecule has 0 saturated heterocycles. The van der Waals surface area contributed by atoms with Gasteiger partial charge in [0.05, 0.1) is 16.1 Å². The van der Waals surface area contributed by atoms with E-state index in [-0.39, 0.29) is 5.92 Å². The topological polar surface area (TPSA) is 17.1 Å². The Hall–Kier alpha value is -1.41. The molecule has 1 unspecified atom stereocenters. The van der Waals surface area contributed by atoms with Gasteiger partial charge in [-0.3, -0.25) is 0 Å². The summed E-state index contributed by atoms with van der Waals surface area (Å²) >= 11 is 0.618. The fraction of sp³-hybridized carbons (Fsp3) is 0.389. The molecule has 1 aromatic carbocycles. The molecule has 0 heterocycles. The highest BCUT2D eigenvalue weighted by atomic mass is 32.1. The van der Waals surface area contributed by atoms with E-state index in [9.17, 15) is 4.21 Å². The third-order valence-electron chi connectivity index (χ3n) is 3.81. The van der Waals surface area contributed by atoms with E-state index in [4.69, 9.17) is 0 Å². The number of benzene rings is 1. The SMILES string of the molecule is CC(C)c1cccc(C(C)C)c1C1C=CC=CC1=S=O. The second-order valence-corrected chi connectivity index (χ2v) is 6.51. The molecule has 0 amide bonds. The highest BCUT2D eigenvalue weighted by Gasteiger charge is 2.23. The van der Waals surface area contributed by atoms with Crippen LogP contribution in [0.1, 0.15) is 62.1 Å². The van der Waals surface area contributed by atoms with Crippen LogP contribution in [-0.2, 0) is 11.3 Å². The number of hydrogen-bond acceptors (Lipinski definition) is 1. The Morgan fingerprint density at radius 1 is 1.00 bits per heavy atom. The summed E-state index contributed by atoms with van der Waals surface area (Å²) in [6, 6.07) is 6.54. The zero-order valence-corrected chi connectivity index (χ0v) is 13.4. The minimum Gasteiger partial charge on any atom is -0.212 e. The summed E-state index contributed by atoms with van der Waals surface area (Å²) in [5.74, 6) is 1.03. The van der Waals surface area contributed by atoms with Gasteiger partial charge in [0, 0.05) is 5.92 Å². The van der Waals surface area contributed by atoms with Crippen LogP contribution in [0.3, 0.4) is 0 Å². The fourth-order valence-electron chi connectivity index (χ4n) is 2.81. The van der Waals surface area contributed by atoms with Gasteiger partial charge in [0.15, 0.2) is 0 Å². The standard InChI is InChI=1S/C18H22OS/c1-12(2)14-9-7-10-15(13(3)4)18(14)16-8-5-6-11-17(16)20-19/h5-13,16H,1-4H3. The van der Waals surface area contributed by atoms with Crippen LogP contribution in [0.15, 0.2) is 42.5 Å². The Morgan fingerprint density at radius 3 is 2.10 bits per heavy atom. The summed E-state index contributed by atoms with van der Waals surface area (Å²) in [5, 5.41) is 0. The van der Waals surface area contributed by atoms with Gasteiger partial charge in [-0.1, -0.05) is 64.1 Å². The van der Waals surface area contributed by atoms with Crippen LogP contribution >= 0.6 is 0 Å². The zero-order chi connectivity index (χ0) is 14.7. The van der Waals surface area contributed by atoms with Crippen molar-refractivity contribution in [3.8, 4) is 0 Å². The average molecular weight is 286 g/mol. The lowest BCUT2D eigenvalue weighted by molar-refractivity contribution is 0.700. The molecule has 0 aromatic heterocycles. The fourth-order valence-corrected chi connectivity index (χ4v) is 3.24. The van der Waals surface area contributed by atoms with E-state index in [0.29, 0.717) is 23.1 Å². The summed E-state index contributed by atoms with van der Waals surface area (Å²) in [6.45, 7) is 8.87. The minimum atomic E-state index is 0.110. The number of allylic oxidation sites excluding steroid dienone is 4. The van der Waals surface area contributed by atoms with E-state index in [1.54, 1.807) is 0 Å². The van der Waals surface area contributed by atoms with Crippen molar-refractivity contribution in [2.75, 3.05) is 0 Å². The first-order valence-corrected chi connectivity index (χ1v) is 7.94. The molecule has 2 rings (SSSR count). The van der Waals surface area contributed by atoms with E-state index in [1.165, 1.54) is 16.7 Å². The first-order valence-electron chi connectivity index (χ1n) is 7.20. The molecular weight excluding hydrogens is 264 g/mol. The monoisotopic (exact) mass is 286 g/mol. The lowest BCUT2D eigenvalue weighted by atomic mass is 9.79. The van der Waals surface area contributed by atoms with Crippen molar-refractivity contribution in [3.63, 3.8) is 0 Å². The molecule has 0 N–H and O–H groups in total. The smallest absolute Gasteiger partial charge is 0.0930 e. The van der Waals surface area contributed by atoms with E-state index in [1.807, 2.05) is 18.2 Å². The molecule has 0 bridgehead atoms. The molecule has 0 aliphatic heterocycles. The Bertz CT molecular complexity index is 576. The van der Waals surface area contributed by atoms with Gasteiger partial charge < -0.3 is 0 Å². The van der Waals surface area contributed by atoms with E-state index >= 15 is 0 Å². The molecule has 0 spiro atoms. The quantitative estimate of drug-likeness (QED) is 0.746. The number of rotatable bonds is 3. The maximum atomic E-state index is 11.4. The Morgan fingerprint density at radius 2 is 1.60 bits per heavy atom. The zero-order valence-electron chi connectivity index (χ0n) is 12.6. The van der Waals surface area contributed by atoms with Crippen LogP contribution in [0.2, 0.25) is 0 Å². The molecular formula is C18H22OS. The molecule has 1 aliphatic rings. The second kappa shape index (κ2) is 6.36. The van der Waals surface area contributed by atoms with Crippen LogP contribution in [0.4, 0.5) is 0 Å². The molecule has 1 aromatic rings. The van der Waals surface area contributed by atoms with Gasteiger partial charge >= 0.3 is 0 Å². The summed E-state index contributed by atoms with van der Waals surface area (Å²) in [4.78, 5) is 0.891. The second-order valence-electron chi connectivity index (χ2n) is 5.87. The molecule has 0 saturated carbocycles. The van der Waals surface area contributed by atoms with Gasteiger partial charge in [-0.25, -0.2) is 4.21 Å². The molecule has 1 aliphatic carbocycles. The molecule has 0 fully saturated rings. The van der Waals surface area contributed by atoms with Crippen molar-refractivity contribution in [1.29, 1.82) is 0 Å². The summed E-state index contributed by atoms with van der Waals surface area (Å²) in [7, 11) is 0. The van der Waals surface area contributed by atoms with Crippen LogP contribution < -0.4 is 0 Å². The van der Waals surface area contributed by atoms with Crippen LogP contribution in [0, 0.1) is 0 Å². The van der Waals surface area contributed by atoms with Gasteiger partial charge in [-0.15, -0.1) is 0 Å². The van der Waals surface area contributed by atoms with Gasteiger partial charge in [0.1, 0.15) is 0 Å². The summed E-state index contributed by atoms with van der Waals surface area (Å²) in [6.07, 6.45) is 8.09. The summed E-state index contributed by atoms with van der Waals surface area (Å²) < 4.78 is 11.4.